The van der Waals surface area contributed by atoms with E-state index in [2.05, 4.69) is 66.3 Å². The van der Waals surface area contributed by atoms with E-state index < -0.39 is 0 Å². The van der Waals surface area contributed by atoms with Gasteiger partial charge in [-0.05, 0) is 30.7 Å². The molecule has 2 heteroatoms. The molecule has 0 aliphatic heterocycles. The zero-order valence-electron chi connectivity index (χ0n) is 21.9. The van der Waals surface area contributed by atoms with Crippen molar-refractivity contribution in [3.05, 3.63) is 54.6 Å². The third-order valence-corrected chi connectivity index (χ3v) is 7.32. The van der Waals surface area contributed by atoms with Crippen LogP contribution in [0.25, 0.3) is 0 Å². The highest BCUT2D eigenvalue weighted by atomic mass is 15.1. The molecule has 186 valence electrons. The maximum absolute atomic E-state index is 4.39. The van der Waals surface area contributed by atoms with Gasteiger partial charge < -0.3 is 4.57 Å². The maximum atomic E-state index is 4.39. The van der Waals surface area contributed by atoms with Crippen molar-refractivity contribution in [1.82, 2.24) is 9.55 Å². The fraction of sp³-hybridized carbons (Fsp3) is 0.710. The summed E-state index contributed by atoms with van der Waals surface area (Å²) in [4.78, 5) is 4.39. The Morgan fingerprint density at radius 2 is 1.24 bits per heavy atom. The number of benzene rings is 1. The molecular weight excluding hydrogens is 400 g/mol. The lowest BCUT2D eigenvalue weighted by atomic mass is 9.85. The second-order valence-corrected chi connectivity index (χ2v) is 10.2. The third-order valence-electron chi connectivity index (χ3n) is 7.32. The molecule has 2 rings (SSSR count). The molecule has 2 atom stereocenters. The van der Waals surface area contributed by atoms with E-state index in [-0.39, 0.29) is 0 Å². The zero-order chi connectivity index (χ0) is 23.4. The molecule has 0 spiro atoms. The smallest absolute Gasteiger partial charge is 0.0948 e. The minimum absolute atomic E-state index is 0.576. The number of unbranched alkanes of at least 4 members (excludes halogenated alkanes) is 13. The van der Waals surface area contributed by atoms with Crippen molar-refractivity contribution < 1.29 is 0 Å². The predicted octanol–water partition coefficient (Wildman–Crippen LogP) is 9.95. The lowest BCUT2D eigenvalue weighted by Crippen LogP contribution is -2.21. The number of rotatable bonds is 21. The molecule has 1 aromatic heterocycles. The van der Waals surface area contributed by atoms with E-state index in [4.69, 9.17) is 0 Å². The van der Waals surface area contributed by atoms with Crippen LogP contribution in [0.3, 0.4) is 0 Å². The number of hydrogen-bond donors (Lipinski definition) is 0. The first-order valence-electron chi connectivity index (χ1n) is 14.4. The van der Waals surface area contributed by atoms with Crippen LogP contribution in [0.4, 0.5) is 0 Å². The number of imidazole rings is 1. The Morgan fingerprint density at radius 1 is 0.667 bits per heavy atom. The SMILES string of the molecule is CCCCCCCCCCCCCCCC(C(CCCC)Cc1ccccc1)n1ccnc1. The first-order valence-corrected chi connectivity index (χ1v) is 14.4. The van der Waals surface area contributed by atoms with Gasteiger partial charge in [-0.3, -0.25) is 0 Å². The van der Waals surface area contributed by atoms with Gasteiger partial charge in [0.15, 0.2) is 0 Å². The van der Waals surface area contributed by atoms with E-state index in [9.17, 15) is 0 Å². The first kappa shape index (κ1) is 27.7. The summed E-state index contributed by atoms with van der Waals surface area (Å²) < 4.78 is 2.41. The third kappa shape index (κ3) is 12.5. The molecule has 33 heavy (non-hydrogen) atoms. The zero-order valence-corrected chi connectivity index (χ0v) is 21.9. The van der Waals surface area contributed by atoms with E-state index in [1.807, 2.05) is 6.20 Å². The molecular formula is C31H52N2. The maximum Gasteiger partial charge on any atom is 0.0948 e. The van der Waals surface area contributed by atoms with Crippen molar-refractivity contribution in [2.24, 2.45) is 5.92 Å². The number of aromatic nitrogens is 2. The summed E-state index contributed by atoms with van der Waals surface area (Å²) in [5, 5.41) is 0. The quantitative estimate of drug-likeness (QED) is 0.172. The molecule has 1 heterocycles. The molecule has 2 nitrogen and oxygen atoms in total. The van der Waals surface area contributed by atoms with E-state index >= 15 is 0 Å². The summed E-state index contributed by atoms with van der Waals surface area (Å²) in [7, 11) is 0. The van der Waals surface area contributed by atoms with Crippen LogP contribution in [0.15, 0.2) is 49.1 Å². The van der Waals surface area contributed by atoms with Gasteiger partial charge in [0, 0.05) is 18.4 Å². The molecule has 0 N–H and O–H groups in total. The lowest BCUT2D eigenvalue weighted by Gasteiger charge is -2.29. The molecule has 2 unspecified atom stereocenters. The van der Waals surface area contributed by atoms with Gasteiger partial charge >= 0.3 is 0 Å². The summed E-state index contributed by atoms with van der Waals surface area (Å²) in [6.45, 7) is 4.62. The molecule has 0 aliphatic rings. The normalized spacial score (nSPS) is 13.3. The van der Waals surface area contributed by atoms with Crippen molar-refractivity contribution in [1.29, 1.82) is 0 Å². The van der Waals surface area contributed by atoms with Crippen molar-refractivity contribution >= 4 is 0 Å². The minimum Gasteiger partial charge on any atom is -0.334 e. The van der Waals surface area contributed by atoms with Crippen LogP contribution in [0, 0.1) is 5.92 Å². The van der Waals surface area contributed by atoms with Crippen molar-refractivity contribution in [2.45, 2.75) is 135 Å². The Morgan fingerprint density at radius 3 is 1.79 bits per heavy atom. The Balaban J connectivity index is 1.69. The second-order valence-electron chi connectivity index (χ2n) is 10.2. The highest BCUT2D eigenvalue weighted by Crippen LogP contribution is 2.32. The monoisotopic (exact) mass is 452 g/mol. The minimum atomic E-state index is 0.576. The molecule has 0 amide bonds. The highest BCUT2D eigenvalue weighted by Gasteiger charge is 2.22. The van der Waals surface area contributed by atoms with Crippen molar-refractivity contribution in [2.75, 3.05) is 0 Å². The van der Waals surface area contributed by atoms with Crippen LogP contribution in [0.5, 0.6) is 0 Å². The Hall–Kier alpha value is -1.57. The van der Waals surface area contributed by atoms with E-state index in [0.29, 0.717) is 12.0 Å². The average molecular weight is 453 g/mol. The van der Waals surface area contributed by atoms with Gasteiger partial charge in [-0.2, -0.15) is 0 Å². The van der Waals surface area contributed by atoms with Gasteiger partial charge in [0.2, 0.25) is 0 Å². The van der Waals surface area contributed by atoms with E-state index in [1.54, 1.807) is 0 Å². The first-order chi connectivity index (χ1) is 16.3. The fourth-order valence-electron chi connectivity index (χ4n) is 5.28. The van der Waals surface area contributed by atoms with Gasteiger partial charge in [-0.1, -0.05) is 140 Å². The molecule has 0 fully saturated rings. The summed E-state index contributed by atoms with van der Waals surface area (Å²) in [6.07, 6.45) is 31.1. The average Bonchev–Trinajstić information content (AvgIpc) is 3.37. The van der Waals surface area contributed by atoms with Crippen LogP contribution >= 0.6 is 0 Å². The Kier molecular flexibility index (Phi) is 15.8. The van der Waals surface area contributed by atoms with Gasteiger partial charge in [0.05, 0.1) is 6.33 Å². The topological polar surface area (TPSA) is 17.8 Å². The van der Waals surface area contributed by atoms with Gasteiger partial charge in [0.1, 0.15) is 0 Å². The highest BCUT2D eigenvalue weighted by molar-refractivity contribution is 5.15. The molecule has 0 saturated carbocycles. The predicted molar refractivity (Wildman–Crippen MR) is 145 cm³/mol. The second kappa shape index (κ2) is 18.8. The molecule has 2 aromatic rings. The van der Waals surface area contributed by atoms with Crippen LogP contribution in [-0.4, -0.2) is 9.55 Å². The van der Waals surface area contributed by atoms with Crippen LogP contribution in [-0.2, 0) is 6.42 Å². The Labute approximate surface area is 205 Å². The summed E-state index contributed by atoms with van der Waals surface area (Å²) >= 11 is 0. The van der Waals surface area contributed by atoms with Crippen LogP contribution in [0.2, 0.25) is 0 Å². The molecule has 0 bridgehead atoms. The van der Waals surface area contributed by atoms with Crippen molar-refractivity contribution in [3.63, 3.8) is 0 Å². The fourth-order valence-corrected chi connectivity index (χ4v) is 5.28. The van der Waals surface area contributed by atoms with Gasteiger partial charge in [0.25, 0.3) is 0 Å². The number of nitrogens with zero attached hydrogens (tertiary/aromatic N) is 2. The summed E-state index contributed by atoms with van der Waals surface area (Å²) in [5.41, 5.74) is 1.48. The van der Waals surface area contributed by atoms with Gasteiger partial charge in [-0.25, -0.2) is 4.98 Å². The molecule has 0 saturated heterocycles. The molecule has 0 aliphatic carbocycles. The molecule has 1 aromatic carbocycles. The van der Waals surface area contributed by atoms with E-state index in [0.717, 1.165) is 0 Å². The van der Waals surface area contributed by atoms with Crippen LogP contribution < -0.4 is 0 Å². The number of hydrogen-bond acceptors (Lipinski definition) is 1. The largest absolute Gasteiger partial charge is 0.334 e. The summed E-state index contributed by atoms with van der Waals surface area (Å²) in [6, 6.07) is 11.7. The standard InChI is InChI=1S/C31H52N2/c1-3-5-7-8-9-10-11-12-13-14-15-16-20-24-31(33-26-25-32-28-33)30(23-6-4-2)27-29-21-18-17-19-22-29/h17-19,21-22,25-26,28,30-31H,3-16,20,23-24,27H2,1-2H3. The van der Waals surface area contributed by atoms with Crippen LogP contribution in [0.1, 0.15) is 135 Å². The van der Waals surface area contributed by atoms with Gasteiger partial charge in [-0.15, -0.1) is 0 Å². The summed E-state index contributed by atoms with van der Waals surface area (Å²) in [5.74, 6) is 0.693. The molecule has 0 radical (unpaired) electrons. The van der Waals surface area contributed by atoms with Crippen molar-refractivity contribution in [3.8, 4) is 0 Å². The van der Waals surface area contributed by atoms with E-state index in [1.165, 1.54) is 121 Å². The Bertz CT molecular complexity index is 649. The lowest BCUT2D eigenvalue weighted by molar-refractivity contribution is 0.277.